The third-order valence-corrected chi connectivity index (χ3v) is 8.38. The van der Waals surface area contributed by atoms with Gasteiger partial charge in [0.25, 0.3) is 0 Å². The molecular weight excluding hydrogens is 592 g/mol. The molecule has 0 saturated heterocycles. The van der Waals surface area contributed by atoms with Crippen LogP contribution in [-0.4, -0.2) is 81.3 Å². The third kappa shape index (κ3) is 14.6. The minimum atomic E-state index is -1.01. The summed E-state index contributed by atoms with van der Waals surface area (Å²) in [5, 5.41) is 27.4. The number of carbonyl (C=O) groups is 4. The average molecular weight is 653 g/mol. The molecule has 0 aliphatic heterocycles. The summed E-state index contributed by atoms with van der Waals surface area (Å²) < 4.78 is 1.80. The zero-order valence-corrected chi connectivity index (χ0v) is 30.2. The summed E-state index contributed by atoms with van der Waals surface area (Å²) in [5.74, 6) is -1.19. The molecular formula is C33H60N6O5S. The summed E-state index contributed by atoms with van der Waals surface area (Å²) in [5.41, 5.74) is 1.84. The molecule has 0 unspecified atom stereocenters. The van der Waals surface area contributed by atoms with E-state index < -0.39 is 36.1 Å². The number of aromatic nitrogens is 2. The van der Waals surface area contributed by atoms with Gasteiger partial charge >= 0.3 is 0 Å². The van der Waals surface area contributed by atoms with E-state index in [0.717, 1.165) is 11.4 Å². The highest BCUT2D eigenvalue weighted by Gasteiger charge is 2.32. The van der Waals surface area contributed by atoms with Gasteiger partial charge in [0.05, 0.1) is 30.3 Å². The number of rotatable bonds is 20. The van der Waals surface area contributed by atoms with Crippen molar-refractivity contribution in [2.45, 2.75) is 119 Å². The summed E-state index contributed by atoms with van der Waals surface area (Å²) in [7, 11) is 0. The van der Waals surface area contributed by atoms with Gasteiger partial charge in [0.15, 0.2) is 0 Å². The van der Waals surface area contributed by atoms with Gasteiger partial charge in [0.2, 0.25) is 23.6 Å². The Balaban J connectivity index is 2.95. The molecule has 0 fully saturated rings. The van der Waals surface area contributed by atoms with Crippen LogP contribution in [0.15, 0.2) is 6.07 Å². The first-order valence-corrected chi connectivity index (χ1v) is 17.7. The lowest BCUT2D eigenvalue weighted by molar-refractivity contribution is -0.133. The molecule has 4 amide bonds. The summed E-state index contributed by atoms with van der Waals surface area (Å²) in [6.07, 6.45) is 1.96. The molecule has 0 saturated carbocycles. The van der Waals surface area contributed by atoms with Gasteiger partial charge < -0.3 is 26.4 Å². The summed E-state index contributed by atoms with van der Waals surface area (Å²) in [6, 6.07) is -0.126. The highest BCUT2D eigenvalue weighted by atomic mass is 32.2. The van der Waals surface area contributed by atoms with Gasteiger partial charge in [-0.3, -0.25) is 23.9 Å². The molecule has 1 aromatic heterocycles. The topological polar surface area (TPSA) is 154 Å². The summed E-state index contributed by atoms with van der Waals surface area (Å²) >= 11 is 1.58. The van der Waals surface area contributed by atoms with Crippen molar-refractivity contribution in [1.29, 1.82) is 0 Å². The highest BCUT2D eigenvalue weighted by molar-refractivity contribution is 7.98. The van der Waals surface area contributed by atoms with E-state index >= 15 is 0 Å². The van der Waals surface area contributed by atoms with E-state index in [4.69, 9.17) is 0 Å². The SMILES string of the molecule is CSCC[C@H](NC(=O)[C@@H](C)Cn1nc(C)cc1C)C(=O)N[C@@H](CC(C)C)[C@@H](O)C[C@@H](C)C(=O)N[C@H](C(=O)NCC(C)C)C(C)C. The minimum Gasteiger partial charge on any atom is -0.391 e. The predicted octanol–water partition coefficient (Wildman–Crippen LogP) is 3.20. The van der Waals surface area contributed by atoms with Gasteiger partial charge in [0, 0.05) is 18.2 Å². The first-order chi connectivity index (χ1) is 21.0. The van der Waals surface area contributed by atoms with Crippen molar-refractivity contribution in [3.8, 4) is 0 Å². The van der Waals surface area contributed by atoms with Crippen LogP contribution in [0.25, 0.3) is 0 Å². The van der Waals surface area contributed by atoms with Gasteiger partial charge in [-0.25, -0.2) is 0 Å². The number of hydrogen-bond donors (Lipinski definition) is 5. The van der Waals surface area contributed by atoms with Crippen LogP contribution in [0.5, 0.6) is 0 Å². The highest BCUT2D eigenvalue weighted by Crippen LogP contribution is 2.17. The molecule has 0 aliphatic rings. The molecule has 0 aliphatic carbocycles. The van der Waals surface area contributed by atoms with Crippen molar-refractivity contribution in [2.75, 3.05) is 18.6 Å². The molecule has 1 heterocycles. The molecule has 258 valence electrons. The number of amides is 4. The Kier molecular flexibility index (Phi) is 17.8. The van der Waals surface area contributed by atoms with Crippen LogP contribution in [-0.2, 0) is 25.7 Å². The Labute approximate surface area is 275 Å². The van der Waals surface area contributed by atoms with Crippen LogP contribution in [0, 0.1) is 43.4 Å². The van der Waals surface area contributed by atoms with Crippen LogP contribution >= 0.6 is 11.8 Å². The molecule has 0 aromatic carbocycles. The Hall–Kier alpha value is -2.60. The first kappa shape index (κ1) is 40.4. The maximum absolute atomic E-state index is 13.6. The number of carbonyl (C=O) groups excluding carboxylic acids is 4. The lowest BCUT2D eigenvalue weighted by atomic mass is 9.91. The van der Waals surface area contributed by atoms with E-state index in [0.29, 0.717) is 31.7 Å². The average Bonchev–Trinajstić information content (AvgIpc) is 3.26. The van der Waals surface area contributed by atoms with Crippen molar-refractivity contribution < 1.29 is 24.3 Å². The summed E-state index contributed by atoms with van der Waals surface area (Å²) in [4.78, 5) is 52.6. The molecule has 6 atom stereocenters. The van der Waals surface area contributed by atoms with E-state index in [2.05, 4.69) is 26.4 Å². The zero-order chi connectivity index (χ0) is 34.4. The van der Waals surface area contributed by atoms with Crippen molar-refractivity contribution in [1.82, 2.24) is 31.0 Å². The molecule has 12 heteroatoms. The number of nitrogens with one attached hydrogen (secondary N) is 4. The standard InChI is InChI=1S/C33H60N6O5S/c1-19(2)14-27(28(40)15-22(7)30(41)37-29(21(5)6)33(44)34-17-20(3)4)36-32(43)26(12-13-45-11)35-31(42)23(8)18-39-25(10)16-24(9)38-39/h16,19-23,26-29,40H,12-15,17-18H2,1-11H3,(H,34,44)(H,35,42)(H,36,43)(H,37,41)/t22-,23+,26+,27+,28+,29+/m1/s1. The van der Waals surface area contributed by atoms with Crippen molar-refractivity contribution in [3.63, 3.8) is 0 Å². The molecule has 0 bridgehead atoms. The number of thioether (sulfide) groups is 1. The van der Waals surface area contributed by atoms with Crippen LogP contribution < -0.4 is 21.3 Å². The van der Waals surface area contributed by atoms with Crippen molar-refractivity contribution >= 4 is 35.4 Å². The van der Waals surface area contributed by atoms with Gasteiger partial charge in [-0.15, -0.1) is 0 Å². The Morgan fingerprint density at radius 3 is 1.98 bits per heavy atom. The lowest BCUT2D eigenvalue weighted by Crippen LogP contribution is -2.54. The zero-order valence-electron chi connectivity index (χ0n) is 29.4. The van der Waals surface area contributed by atoms with E-state index in [-0.39, 0.29) is 47.8 Å². The van der Waals surface area contributed by atoms with Gasteiger partial charge in [-0.2, -0.15) is 16.9 Å². The maximum atomic E-state index is 13.6. The minimum absolute atomic E-state index is 0.101. The van der Waals surface area contributed by atoms with Gasteiger partial charge in [0.1, 0.15) is 12.1 Å². The van der Waals surface area contributed by atoms with E-state index in [1.54, 1.807) is 23.4 Å². The molecule has 0 radical (unpaired) electrons. The molecule has 11 nitrogen and oxygen atoms in total. The van der Waals surface area contributed by atoms with Crippen LogP contribution in [0.2, 0.25) is 0 Å². The van der Waals surface area contributed by atoms with Crippen LogP contribution in [0.4, 0.5) is 0 Å². The smallest absolute Gasteiger partial charge is 0.242 e. The second-order valence-corrected chi connectivity index (χ2v) is 14.7. The molecule has 45 heavy (non-hydrogen) atoms. The Morgan fingerprint density at radius 2 is 1.47 bits per heavy atom. The van der Waals surface area contributed by atoms with E-state index in [1.807, 2.05) is 74.6 Å². The van der Waals surface area contributed by atoms with Crippen LogP contribution in [0.3, 0.4) is 0 Å². The van der Waals surface area contributed by atoms with Crippen molar-refractivity contribution in [2.24, 2.45) is 29.6 Å². The molecule has 5 N–H and O–H groups in total. The van der Waals surface area contributed by atoms with Gasteiger partial charge in [-0.05, 0) is 68.9 Å². The maximum Gasteiger partial charge on any atom is 0.242 e. The van der Waals surface area contributed by atoms with E-state index in [9.17, 15) is 24.3 Å². The number of hydrogen-bond acceptors (Lipinski definition) is 7. The number of aliphatic hydroxyl groups is 1. The fraction of sp³-hybridized carbons (Fsp3) is 0.788. The van der Waals surface area contributed by atoms with Crippen LogP contribution in [0.1, 0.15) is 86.0 Å². The summed E-state index contributed by atoms with van der Waals surface area (Å²) in [6.45, 7) is 20.0. The predicted molar refractivity (Wildman–Crippen MR) is 182 cm³/mol. The fourth-order valence-electron chi connectivity index (χ4n) is 5.00. The third-order valence-electron chi connectivity index (χ3n) is 7.73. The van der Waals surface area contributed by atoms with Gasteiger partial charge in [-0.1, -0.05) is 55.4 Å². The molecule has 0 spiro atoms. The van der Waals surface area contributed by atoms with E-state index in [1.165, 1.54) is 0 Å². The number of nitrogens with zero attached hydrogens (tertiary/aromatic N) is 2. The first-order valence-electron chi connectivity index (χ1n) is 16.3. The Bertz CT molecular complexity index is 1090. The second-order valence-electron chi connectivity index (χ2n) is 13.7. The number of aliphatic hydroxyl groups excluding tert-OH is 1. The monoisotopic (exact) mass is 652 g/mol. The largest absolute Gasteiger partial charge is 0.391 e. The Morgan fingerprint density at radius 1 is 0.844 bits per heavy atom. The second kappa shape index (κ2) is 19.8. The number of aryl methyl sites for hydroxylation is 2. The molecule has 1 rings (SSSR count). The normalized spacial score (nSPS) is 15.7. The molecule has 1 aromatic rings. The lowest BCUT2D eigenvalue weighted by Gasteiger charge is -2.30. The van der Waals surface area contributed by atoms with Crippen molar-refractivity contribution in [3.05, 3.63) is 17.5 Å². The fourth-order valence-corrected chi connectivity index (χ4v) is 5.47. The quantitative estimate of drug-likeness (QED) is 0.145.